The Morgan fingerprint density at radius 2 is 1.00 bits per heavy atom. The second-order valence-corrected chi connectivity index (χ2v) is 9.51. The number of hydrogen-bond acceptors (Lipinski definition) is 1. The van der Waals surface area contributed by atoms with E-state index in [9.17, 15) is 0 Å². The molecular weight excluding hydrogens is 352 g/mol. The Morgan fingerprint density at radius 1 is 0.483 bits per heavy atom. The summed E-state index contributed by atoms with van der Waals surface area (Å²) >= 11 is 0. The summed E-state index contributed by atoms with van der Waals surface area (Å²) in [5.74, 6) is 0.767. The van der Waals surface area contributed by atoms with Crippen LogP contribution in [0, 0.1) is 5.92 Å². The van der Waals surface area contributed by atoms with Gasteiger partial charge in [-0.3, -0.25) is 0 Å². The minimum Gasteiger partial charge on any atom is -0.375 e. The monoisotopic (exact) mass is 410 g/mol. The van der Waals surface area contributed by atoms with E-state index in [0.29, 0.717) is 0 Å². The molecule has 0 aromatic carbocycles. The lowest BCUT2D eigenvalue weighted by Gasteiger charge is -2.41. The van der Waals surface area contributed by atoms with Crippen molar-refractivity contribution in [1.29, 1.82) is 0 Å². The summed E-state index contributed by atoms with van der Waals surface area (Å²) in [5.41, 5.74) is 0.158. The van der Waals surface area contributed by atoms with Gasteiger partial charge in [0.25, 0.3) is 0 Å². The standard InChI is InChI=1S/C28H58O/c1-6-11-13-15-17-18-20-22-26-28(25-9-4,29-10-5)27(23-8-3)24-21-19-16-14-12-7-2/h27H,6-26H2,1-5H3. The maximum absolute atomic E-state index is 6.64. The van der Waals surface area contributed by atoms with Crippen LogP contribution < -0.4 is 0 Å². The fourth-order valence-electron chi connectivity index (χ4n) is 5.25. The number of unbranched alkanes of at least 4 members (excludes halogenated alkanes) is 12. The van der Waals surface area contributed by atoms with Gasteiger partial charge in [0, 0.05) is 6.61 Å². The van der Waals surface area contributed by atoms with E-state index in [1.54, 1.807) is 0 Å². The summed E-state index contributed by atoms with van der Waals surface area (Å²) < 4.78 is 6.64. The van der Waals surface area contributed by atoms with Crippen LogP contribution in [0.5, 0.6) is 0 Å². The minimum atomic E-state index is 0.158. The van der Waals surface area contributed by atoms with Crippen molar-refractivity contribution in [2.24, 2.45) is 5.92 Å². The molecule has 176 valence electrons. The molecule has 0 aromatic rings. The summed E-state index contributed by atoms with van der Waals surface area (Å²) in [6.07, 6.45) is 27.6. The third-order valence-electron chi connectivity index (χ3n) is 6.85. The predicted molar refractivity (Wildman–Crippen MR) is 133 cm³/mol. The highest BCUT2D eigenvalue weighted by atomic mass is 16.5. The van der Waals surface area contributed by atoms with E-state index in [0.717, 1.165) is 12.5 Å². The van der Waals surface area contributed by atoms with Gasteiger partial charge in [-0.2, -0.15) is 0 Å². The first-order valence-corrected chi connectivity index (χ1v) is 13.8. The zero-order valence-corrected chi connectivity index (χ0v) is 21.3. The highest BCUT2D eigenvalue weighted by Crippen LogP contribution is 2.39. The van der Waals surface area contributed by atoms with Crippen LogP contribution in [0.3, 0.4) is 0 Å². The summed E-state index contributed by atoms with van der Waals surface area (Å²) in [4.78, 5) is 0. The second-order valence-electron chi connectivity index (χ2n) is 9.51. The Balaban J connectivity index is 4.61. The smallest absolute Gasteiger partial charge is 0.0710 e. The molecule has 2 unspecified atom stereocenters. The topological polar surface area (TPSA) is 9.23 Å². The molecule has 0 aliphatic carbocycles. The SMILES string of the molecule is CCCCCCCCCCC(CCC)(OCC)C(CCC)CCCCCCCC. The van der Waals surface area contributed by atoms with E-state index in [-0.39, 0.29) is 5.60 Å². The lowest BCUT2D eigenvalue weighted by Crippen LogP contribution is -2.41. The highest BCUT2D eigenvalue weighted by molar-refractivity contribution is 4.88. The van der Waals surface area contributed by atoms with Crippen molar-refractivity contribution in [1.82, 2.24) is 0 Å². The van der Waals surface area contributed by atoms with Crippen molar-refractivity contribution in [3.8, 4) is 0 Å². The molecule has 0 fully saturated rings. The van der Waals surface area contributed by atoms with Gasteiger partial charge in [0.05, 0.1) is 5.60 Å². The zero-order chi connectivity index (χ0) is 21.6. The lowest BCUT2D eigenvalue weighted by atomic mass is 9.74. The van der Waals surface area contributed by atoms with Crippen molar-refractivity contribution < 1.29 is 4.74 Å². The summed E-state index contributed by atoms with van der Waals surface area (Å²) in [6, 6.07) is 0. The quantitative estimate of drug-likeness (QED) is 0.152. The molecule has 0 amide bonds. The zero-order valence-electron chi connectivity index (χ0n) is 21.3. The first kappa shape index (κ1) is 29.0. The fraction of sp³-hybridized carbons (Fsp3) is 1.00. The Hall–Kier alpha value is -0.0400. The maximum Gasteiger partial charge on any atom is 0.0710 e. The Morgan fingerprint density at radius 3 is 1.48 bits per heavy atom. The minimum absolute atomic E-state index is 0.158. The third kappa shape index (κ3) is 14.6. The molecule has 0 bridgehead atoms. The molecule has 0 heterocycles. The molecule has 0 saturated heterocycles. The van der Waals surface area contributed by atoms with Crippen molar-refractivity contribution >= 4 is 0 Å². The van der Waals surface area contributed by atoms with Crippen LogP contribution >= 0.6 is 0 Å². The molecule has 29 heavy (non-hydrogen) atoms. The van der Waals surface area contributed by atoms with Gasteiger partial charge in [0.2, 0.25) is 0 Å². The lowest BCUT2D eigenvalue weighted by molar-refractivity contribution is -0.101. The largest absolute Gasteiger partial charge is 0.375 e. The first-order chi connectivity index (χ1) is 14.2. The van der Waals surface area contributed by atoms with Crippen molar-refractivity contribution in [2.45, 2.75) is 169 Å². The maximum atomic E-state index is 6.64. The molecule has 0 saturated carbocycles. The molecule has 0 aliphatic heterocycles. The summed E-state index contributed by atoms with van der Waals surface area (Å²) in [6.45, 7) is 12.4. The molecule has 0 rings (SSSR count). The average Bonchev–Trinajstić information content (AvgIpc) is 2.72. The van der Waals surface area contributed by atoms with Crippen LogP contribution in [-0.4, -0.2) is 12.2 Å². The first-order valence-electron chi connectivity index (χ1n) is 13.8. The van der Waals surface area contributed by atoms with E-state index < -0.39 is 0 Å². The van der Waals surface area contributed by atoms with E-state index in [1.165, 1.54) is 128 Å². The fourth-order valence-corrected chi connectivity index (χ4v) is 5.25. The molecule has 1 nitrogen and oxygen atoms in total. The van der Waals surface area contributed by atoms with E-state index >= 15 is 0 Å². The van der Waals surface area contributed by atoms with Gasteiger partial charge in [0.15, 0.2) is 0 Å². The van der Waals surface area contributed by atoms with E-state index in [1.807, 2.05) is 0 Å². The van der Waals surface area contributed by atoms with Crippen molar-refractivity contribution in [3.05, 3.63) is 0 Å². The third-order valence-corrected chi connectivity index (χ3v) is 6.85. The number of hydrogen-bond donors (Lipinski definition) is 0. The van der Waals surface area contributed by atoms with Crippen LogP contribution in [0.4, 0.5) is 0 Å². The van der Waals surface area contributed by atoms with Crippen LogP contribution in [-0.2, 0) is 4.74 Å². The Bertz CT molecular complexity index is 305. The van der Waals surface area contributed by atoms with Gasteiger partial charge in [-0.1, -0.05) is 130 Å². The summed E-state index contributed by atoms with van der Waals surface area (Å²) in [7, 11) is 0. The van der Waals surface area contributed by atoms with Crippen LogP contribution in [0.2, 0.25) is 0 Å². The van der Waals surface area contributed by atoms with Crippen molar-refractivity contribution in [2.75, 3.05) is 6.61 Å². The van der Waals surface area contributed by atoms with Crippen molar-refractivity contribution in [3.63, 3.8) is 0 Å². The molecule has 0 N–H and O–H groups in total. The average molecular weight is 411 g/mol. The predicted octanol–water partition coefficient (Wildman–Crippen LogP) is 10.3. The van der Waals surface area contributed by atoms with Crippen LogP contribution in [0.15, 0.2) is 0 Å². The normalized spacial score (nSPS) is 14.8. The molecule has 0 aromatic heterocycles. The Kier molecular flexibility index (Phi) is 21.2. The van der Waals surface area contributed by atoms with Gasteiger partial charge in [0.1, 0.15) is 0 Å². The van der Waals surface area contributed by atoms with E-state index in [2.05, 4.69) is 34.6 Å². The molecule has 1 heteroatoms. The number of ether oxygens (including phenoxy) is 1. The van der Waals surface area contributed by atoms with E-state index in [4.69, 9.17) is 4.74 Å². The molecular formula is C28H58O. The van der Waals surface area contributed by atoms with Gasteiger partial charge in [-0.15, -0.1) is 0 Å². The van der Waals surface area contributed by atoms with Gasteiger partial charge in [-0.25, -0.2) is 0 Å². The Labute approximate surface area is 186 Å². The van der Waals surface area contributed by atoms with Crippen LogP contribution in [0.1, 0.15) is 163 Å². The molecule has 0 radical (unpaired) electrons. The van der Waals surface area contributed by atoms with Gasteiger partial charge < -0.3 is 4.74 Å². The highest BCUT2D eigenvalue weighted by Gasteiger charge is 2.37. The second kappa shape index (κ2) is 21.2. The molecule has 0 spiro atoms. The molecule has 2 atom stereocenters. The van der Waals surface area contributed by atoms with Gasteiger partial charge >= 0.3 is 0 Å². The van der Waals surface area contributed by atoms with Gasteiger partial charge in [-0.05, 0) is 38.5 Å². The summed E-state index contributed by atoms with van der Waals surface area (Å²) in [5, 5.41) is 0. The van der Waals surface area contributed by atoms with Crippen LogP contribution in [0.25, 0.3) is 0 Å². The molecule has 0 aliphatic rings. The number of rotatable bonds is 23.